The van der Waals surface area contributed by atoms with E-state index in [2.05, 4.69) is 22.6 Å². The number of nitrogens with zero attached hydrogens (tertiary/aromatic N) is 1. The van der Waals surface area contributed by atoms with Gasteiger partial charge in [0, 0.05) is 19.1 Å². The van der Waals surface area contributed by atoms with Gasteiger partial charge in [-0.15, -0.1) is 0 Å². The summed E-state index contributed by atoms with van der Waals surface area (Å²) in [6, 6.07) is -0.534. The molecule has 1 rings (SSSR count). The molecule has 1 aliphatic rings. The molecule has 6 nitrogen and oxygen atoms in total. The first-order valence-electron chi connectivity index (χ1n) is 6.54. The molecule has 1 saturated carbocycles. The van der Waals surface area contributed by atoms with Crippen LogP contribution in [-0.4, -0.2) is 49.1 Å². The van der Waals surface area contributed by atoms with Gasteiger partial charge in [-0.25, -0.2) is 4.79 Å². The Morgan fingerprint density at radius 2 is 2.00 bits per heavy atom. The molecule has 0 aliphatic heterocycles. The summed E-state index contributed by atoms with van der Waals surface area (Å²) in [7, 11) is 2.12. The Morgan fingerprint density at radius 1 is 1.39 bits per heavy atom. The lowest BCUT2D eigenvalue weighted by atomic mass is 10.2. The zero-order chi connectivity index (χ0) is 13.5. The number of nitrogens with two attached hydrogens (primary N) is 1. The Balaban J connectivity index is 2.16. The second-order valence-corrected chi connectivity index (χ2v) is 4.95. The molecule has 0 spiro atoms. The Hall–Kier alpha value is -1.14. The van der Waals surface area contributed by atoms with E-state index in [1.165, 1.54) is 25.7 Å². The second-order valence-electron chi connectivity index (χ2n) is 4.95. The largest absolute Gasteiger partial charge is 0.351 e. The van der Waals surface area contributed by atoms with Gasteiger partial charge in [-0.05, 0) is 26.8 Å². The molecule has 0 bridgehead atoms. The van der Waals surface area contributed by atoms with E-state index in [0.29, 0.717) is 6.04 Å². The van der Waals surface area contributed by atoms with Crippen molar-refractivity contribution in [3.05, 3.63) is 0 Å². The number of imide groups is 1. The van der Waals surface area contributed by atoms with E-state index in [-0.39, 0.29) is 5.91 Å². The summed E-state index contributed by atoms with van der Waals surface area (Å²) in [4.78, 5) is 24.3. The van der Waals surface area contributed by atoms with Crippen molar-refractivity contribution < 1.29 is 9.59 Å². The standard InChI is InChI=1S/C12H24N4O2/c1-9(11(17)15-12(13)18)14-7-8-16(2)10-5-3-4-6-10/h9-10,14H,3-8H2,1-2H3,(H3,13,15,17,18). The minimum atomic E-state index is -0.809. The molecule has 4 N–H and O–H groups in total. The predicted octanol–water partition coefficient (Wildman–Crippen LogP) is 0.0338. The van der Waals surface area contributed by atoms with Crippen molar-refractivity contribution in [2.24, 2.45) is 5.73 Å². The maximum absolute atomic E-state index is 11.4. The third-order valence-electron chi connectivity index (χ3n) is 3.50. The maximum atomic E-state index is 11.4. The third-order valence-corrected chi connectivity index (χ3v) is 3.50. The van der Waals surface area contributed by atoms with Gasteiger partial charge in [0.2, 0.25) is 5.91 Å². The Bertz CT molecular complexity index is 290. The summed E-state index contributed by atoms with van der Waals surface area (Å²) in [5, 5.41) is 5.14. The molecule has 0 heterocycles. The van der Waals surface area contributed by atoms with Gasteiger partial charge in [-0.2, -0.15) is 0 Å². The quantitative estimate of drug-likeness (QED) is 0.626. The molecule has 0 aromatic rings. The fourth-order valence-corrected chi connectivity index (χ4v) is 2.31. The number of carbonyl (C=O) groups excluding carboxylic acids is 2. The molecule has 6 heteroatoms. The van der Waals surface area contributed by atoms with Crippen LogP contribution in [0.15, 0.2) is 0 Å². The van der Waals surface area contributed by atoms with Crippen molar-refractivity contribution in [2.75, 3.05) is 20.1 Å². The van der Waals surface area contributed by atoms with E-state index in [4.69, 9.17) is 5.73 Å². The van der Waals surface area contributed by atoms with Crippen molar-refractivity contribution in [1.82, 2.24) is 15.5 Å². The summed E-state index contributed by atoms with van der Waals surface area (Å²) < 4.78 is 0. The van der Waals surface area contributed by atoms with Crippen LogP contribution in [0, 0.1) is 0 Å². The first-order chi connectivity index (χ1) is 8.50. The summed E-state index contributed by atoms with van der Waals surface area (Å²) >= 11 is 0. The Labute approximate surface area is 108 Å². The van der Waals surface area contributed by atoms with E-state index >= 15 is 0 Å². The van der Waals surface area contributed by atoms with Crippen LogP contribution in [0.25, 0.3) is 0 Å². The number of rotatable bonds is 6. The van der Waals surface area contributed by atoms with Gasteiger partial charge in [-0.1, -0.05) is 12.8 Å². The smallest absolute Gasteiger partial charge is 0.318 e. The molecule has 3 amide bonds. The maximum Gasteiger partial charge on any atom is 0.318 e. The van der Waals surface area contributed by atoms with Gasteiger partial charge in [0.1, 0.15) is 0 Å². The van der Waals surface area contributed by atoms with Crippen LogP contribution in [0.2, 0.25) is 0 Å². The van der Waals surface area contributed by atoms with E-state index in [1.54, 1.807) is 6.92 Å². The van der Waals surface area contributed by atoms with Gasteiger partial charge in [0.25, 0.3) is 0 Å². The van der Waals surface area contributed by atoms with Crippen molar-refractivity contribution in [2.45, 2.75) is 44.7 Å². The van der Waals surface area contributed by atoms with Crippen LogP contribution in [0.4, 0.5) is 4.79 Å². The second kappa shape index (κ2) is 7.33. The number of likely N-dealkylation sites (N-methyl/N-ethyl adjacent to an activating group) is 1. The highest BCUT2D eigenvalue weighted by Crippen LogP contribution is 2.21. The van der Waals surface area contributed by atoms with Crippen LogP contribution >= 0.6 is 0 Å². The lowest BCUT2D eigenvalue weighted by molar-refractivity contribution is -0.121. The number of amides is 3. The van der Waals surface area contributed by atoms with Crippen LogP contribution in [-0.2, 0) is 4.79 Å². The van der Waals surface area contributed by atoms with Gasteiger partial charge < -0.3 is 16.0 Å². The predicted molar refractivity (Wildman–Crippen MR) is 70.1 cm³/mol. The van der Waals surface area contributed by atoms with Crippen LogP contribution < -0.4 is 16.4 Å². The van der Waals surface area contributed by atoms with Crippen molar-refractivity contribution in [3.63, 3.8) is 0 Å². The summed E-state index contributed by atoms with van der Waals surface area (Å²) in [5.74, 6) is -0.383. The zero-order valence-electron chi connectivity index (χ0n) is 11.2. The SMILES string of the molecule is CC(NCCN(C)C1CCCC1)C(=O)NC(N)=O. The Kier molecular flexibility index (Phi) is 6.07. The number of primary amides is 1. The van der Waals surface area contributed by atoms with E-state index in [1.807, 2.05) is 0 Å². The van der Waals surface area contributed by atoms with Crippen LogP contribution in [0.5, 0.6) is 0 Å². The first-order valence-corrected chi connectivity index (χ1v) is 6.54. The summed E-state index contributed by atoms with van der Waals surface area (Å²) in [5.41, 5.74) is 4.88. The van der Waals surface area contributed by atoms with Crippen LogP contribution in [0.1, 0.15) is 32.6 Å². The van der Waals surface area contributed by atoms with E-state index in [9.17, 15) is 9.59 Å². The molecular formula is C12H24N4O2. The van der Waals surface area contributed by atoms with Gasteiger partial charge in [-0.3, -0.25) is 10.1 Å². The average Bonchev–Trinajstić information content (AvgIpc) is 2.81. The number of nitrogens with one attached hydrogen (secondary N) is 2. The molecule has 1 aliphatic carbocycles. The normalized spacial score (nSPS) is 17.9. The molecule has 104 valence electrons. The van der Waals surface area contributed by atoms with Gasteiger partial charge in [0.15, 0.2) is 0 Å². The Morgan fingerprint density at radius 3 is 2.56 bits per heavy atom. The monoisotopic (exact) mass is 256 g/mol. The fraction of sp³-hybridized carbons (Fsp3) is 0.833. The van der Waals surface area contributed by atoms with Crippen molar-refractivity contribution >= 4 is 11.9 Å². The lowest BCUT2D eigenvalue weighted by Gasteiger charge is -2.24. The minimum Gasteiger partial charge on any atom is -0.351 e. The number of hydrogen-bond donors (Lipinski definition) is 3. The van der Waals surface area contributed by atoms with Gasteiger partial charge in [0.05, 0.1) is 6.04 Å². The van der Waals surface area contributed by atoms with E-state index < -0.39 is 12.1 Å². The minimum absolute atomic E-state index is 0.383. The molecule has 0 radical (unpaired) electrons. The van der Waals surface area contributed by atoms with Crippen molar-refractivity contribution in [3.8, 4) is 0 Å². The molecule has 1 unspecified atom stereocenters. The lowest BCUT2D eigenvalue weighted by Crippen LogP contribution is -2.48. The highest BCUT2D eigenvalue weighted by Gasteiger charge is 2.19. The molecule has 0 aromatic heterocycles. The number of hydrogen-bond acceptors (Lipinski definition) is 4. The van der Waals surface area contributed by atoms with E-state index in [0.717, 1.165) is 13.1 Å². The highest BCUT2D eigenvalue weighted by molar-refractivity contribution is 5.96. The average molecular weight is 256 g/mol. The zero-order valence-corrected chi connectivity index (χ0v) is 11.2. The molecule has 18 heavy (non-hydrogen) atoms. The summed E-state index contributed by atoms with van der Waals surface area (Å²) in [6.07, 6.45) is 5.18. The molecule has 0 aromatic carbocycles. The number of urea groups is 1. The number of carbonyl (C=O) groups is 2. The molecule has 1 fully saturated rings. The highest BCUT2D eigenvalue weighted by atomic mass is 16.2. The van der Waals surface area contributed by atoms with Gasteiger partial charge >= 0.3 is 6.03 Å². The summed E-state index contributed by atoms with van der Waals surface area (Å²) in [6.45, 7) is 3.34. The van der Waals surface area contributed by atoms with Crippen LogP contribution in [0.3, 0.4) is 0 Å². The van der Waals surface area contributed by atoms with Crippen molar-refractivity contribution in [1.29, 1.82) is 0 Å². The fourth-order valence-electron chi connectivity index (χ4n) is 2.31. The molecular weight excluding hydrogens is 232 g/mol. The molecule has 0 saturated heterocycles. The first kappa shape index (κ1) is 14.9. The topological polar surface area (TPSA) is 87.5 Å². The molecule has 1 atom stereocenters. The third kappa shape index (κ3) is 5.01.